The molecule has 0 atom stereocenters. The maximum absolute atomic E-state index is 13.9. The summed E-state index contributed by atoms with van der Waals surface area (Å²) in [5.41, 5.74) is 4.33. The average Bonchev–Trinajstić information content (AvgIpc) is 3.36. The first-order chi connectivity index (χ1) is 31.7. The molecular formula is C59H45Cl2O4P. The van der Waals surface area contributed by atoms with Gasteiger partial charge in [0.25, 0.3) is 0 Å². The molecule has 0 saturated heterocycles. The number of ether oxygens (including phenoxy) is 2. The van der Waals surface area contributed by atoms with E-state index in [-0.39, 0.29) is 29.4 Å². The zero-order valence-corrected chi connectivity index (χ0v) is 38.8. The van der Waals surface area contributed by atoms with E-state index in [2.05, 4.69) is 141 Å². The summed E-state index contributed by atoms with van der Waals surface area (Å²) in [6.07, 6.45) is 0. The molecule has 0 fully saturated rings. The van der Waals surface area contributed by atoms with E-state index >= 15 is 0 Å². The summed E-state index contributed by atoms with van der Waals surface area (Å²) in [7, 11) is -2.26. The van der Waals surface area contributed by atoms with E-state index in [1.165, 1.54) is 21.2 Å². The SMILES string of the molecule is CC(C)(c1ccc(Oc2ccc(C(=O)c3ccc(Cl)cc3)cc2)cc1)c1ccc(Oc2ccc(C(=O)c3ccc([P+](c4ccccc4)(c4ccccc4)c4ccccc4)cc3)cc2)cc1.[Cl-]. The highest BCUT2D eigenvalue weighted by Crippen LogP contribution is 2.54. The zero-order chi connectivity index (χ0) is 44.8. The lowest BCUT2D eigenvalue weighted by Crippen LogP contribution is -3.00. The van der Waals surface area contributed by atoms with Gasteiger partial charge in [-0.05, 0) is 169 Å². The third kappa shape index (κ3) is 9.50. The quantitative estimate of drug-likeness (QED) is 0.0806. The van der Waals surface area contributed by atoms with Crippen molar-refractivity contribution in [1.29, 1.82) is 0 Å². The Kier molecular flexibility index (Phi) is 13.8. The van der Waals surface area contributed by atoms with E-state index < -0.39 is 7.26 Å². The molecule has 9 aromatic carbocycles. The van der Waals surface area contributed by atoms with Gasteiger partial charge >= 0.3 is 0 Å². The monoisotopic (exact) mass is 918 g/mol. The molecule has 0 aliphatic carbocycles. The van der Waals surface area contributed by atoms with Gasteiger partial charge in [-0.2, -0.15) is 0 Å². The molecular weight excluding hydrogens is 875 g/mol. The predicted octanol–water partition coefficient (Wildman–Crippen LogP) is 10.3. The van der Waals surface area contributed by atoms with Crippen LogP contribution < -0.4 is 43.1 Å². The summed E-state index contributed by atoms with van der Waals surface area (Å²) >= 11 is 5.98. The van der Waals surface area contributed by atoms with Crippen LogP contribution in [0.5, 0.6) is 23.0 Å². The predicted molar refractivity (Wildman–Crippen MR) is 268 cm³/mol. The number of ketones is 2. The first-order valence-corrected chi connectivity index (χ1v) is 23.6. The van der Waals surface area contributed by atoms with Gasteiger partial charge in [-0.25, -0.2) is 0 Å². The maximum atomic E-state index is 13.9. The summed E-state index contributed by atoms with van der Waals surface area (Å²) in [6.45, 7) is 4.37. The Morgan fingerprint density at radius 2 is 0.621 bits per heavy atom. The molecule has 0 aliphatic rings. The van der Waals surface area contributed by atoms with E-state index in [1.54, 1.807) is 48.5 Å². The molecule has 0 amide bonds. The topological polar surface area (TPSA) is 52.6 Å². The van der Waals surface area contributed by atoms with Crippen molar-refractivity contribution in [3.63, 3.8) is 0 Å². The standard InChI is InChI=1S/C59H45ClO4P.ClH/c1-59(2,46-26-36-51(37-27-46)63-49-32-20-43(21-33-49)57(61)42-18-30-48(60)31-19-42)47-28-38-52(39-29-47)64-50-34-22-44(23-35-50)58(62)45-24-40-56(41-25-45)65(53-12-6-3-7-13-53,54-14-8-4-9-15-54)55-16-10-5-11-17-55;/h3-41H,1-2H3;1H/q+1;/p-1. The zero-order valence-electron chi connectivity index (χ0n) is 36.4. The minimum absolute atomic E-state index is 0. The minimum atomic E-state index is -2.26. The summed E-state index contributed by atoms with van der Waals surface area (Å²) in [4.78, 5) is 26.7. The number of carbonyl (C=O) groups excluding carboxylic acids is 2. The second-order valence-corrected chi connectivity index (χ2v) is 20.2. The number of carbonyl (C=O) groups is 2. The van der Waals surface area contributed by atoms with Crippen LogP contribution in [0, 0.1) is 0 Å². The normalized spacial score (nSPS) is 11.3. The molecule has 0 aromatic heterocycles. The van der Waals surface area contributed by atoms with E-state index in [4.69, 9.17) is 21.1 Å². The number of rotatable bonds is 14. The second kappa shape index (κ2) is 20.0. The second-order valence-electron chi connectivity index (χ2n) is 16.3. The third-order valence-electron chi connectivity index (χ3n) is 11.9. The molecule has 0 unspecified atom stereocenters. The fraction of sp³-hybridized carbons (Fsp3) is 0.0508. The Morgan fingerprint density at radius 3 is 0.939 bits per heavy atom. The van der Waals surface area contributed by atoms with Crippen LogP contribution in [-0.2, 0) is 5.41 Å². The van der Waals surface area contributed by atoms with Crippen molar-refractivity contribution in [2.24, 2.45) is 0 Å². The highest BCUT2D eigenvalue weighted by Gasteiger charge is 2.47. The van der Waals surface area contributed by atoms with E-state index in [1.807, 2.05) is 60.7 Å². The third-order valence-corrected chi connectivity index (χ3v) is 16.5. The minimum Gasteiger partial charge on any atom is -1.00 e. The molecule has 4 nitrogen and oxygen atoms in total. The lowest BCUT2D eigenvalue weighted by molar-refractivity contribution is -0.0000278. The van der Waals surface area contributed by atoms with Gasteiger partial charge in [0.05, 0.1) is 0 Å². The van der Waals surface area contributed by atoms with Crippen LogP contribution in [0.4, 0.5) is 0 Å². The summed E-state index contributed by atoms with van der Waals surface area (Å²) in [5.74, 6) is 2.56. The molecule has 0 spiro atoms. The van der Waals surface area contributed by atoms with Crippen LogP contribution in [0.3, 0.4) is 0 Å². The van der Waals surface area contributed by atoms with Crippen molar-refractivity contribution in [1.82, 2.24) is 0 Å². The summed E-state index contributed by atoms with van der Waals surface area (Å²) in [5, 5.41) is 5.55. The molecule has 9 aromatic rings. The molecule has 0 bridgehead atoms. The Labute approximate surface area is 398 Å². The Morgan fingerprint density at radius 1 is 0.364 bits per heavy atom. The molecule has 0 N–H and O–H groups in total. The van der Waals surface area contributed by atoms with Gasteiger partial charge in [0.15, 0.2) is 11.6 Å². The first kappa shape index (κ1) is 45.5. The fourth-order valence-electron chi connectivity index (χ4n) is 8.29. The fourth-order valence-corrected chi connectivity index (χ4v) is 12.7. The van der Waals surface area contributed by atoms with Crippen molar-refractivity contribution in [3.8, 4) is 23.0 Å². The van der Waals surface area contributed by atoms with Crippen molar-refractivity contribution in [2.45, 2.75) is 19.3 Å². The largest absolute Gasteiger partial charge is 1.00 e. The number of halogens is 2. The van der Waals surface area contributed by atoms with Crippen LogP contribution in [0.15, 0.2) is 237 Å². The van der Waals surface area contributed by atoms with Crippen molar-refractivity contribution in [3.05, 3.63) is 275 Å². The molecule has 7 heteroatoms. The van der Waals surface area contributed by atoms with Crippen LogP contribution in [-0.4, -0.2) is 11.6 Å². The van der Waals surface area contributed by atoms with Gasteiger partial charge in [0.1, 0.15) is 51.5 Å². The summed E-state index contributed by atoms with van der Waals surface area (Å²) < 4.78 is 12.4. The van der Waals surface area contributed by atoms with Crippen LogP contribution in [0.25, 0.3) is 0 Å². The van der Waals surface area contributed by atoms with Gasteiger partial charge in [-0.15, -0.1) is 0 Å². The Bertz CT molecular complexity index is 2940. The van der Waals surface area contributed by atoms with Gasteiger partial charge in [0.2, 0.25) is 0 Å². The first-order valence-electron chi connectivity index (χ1n) is 21.5. The van der Waals surface area contributed by atoms with Gasteiger partial charge in [-0.1, -0.05) is 104 Å². The molecule has 0 heterocycles. The Hall–Kier alpha value is -7.07. The molecule has 0 aliphatic heterocycles. The van der Waals surface area contributed by atoms with E-state index in [0.717, 1.165) is 11.1 Å². The van der Waals surface area contributed by atoms with Crippen LogP contribution in [0.2, 0.25) is 5.02 Å². The Balaban J connectivity index is 0.00000592. The number of benzene rings is 9. The molecule has 9 rings (SSSR count). The van der Waals surface area contributed by atoms with Crippen LogP contribution in [0.1, 0.15) is 56.8 Å². The van der Waals surface area contributed by atoms with Crippen LogP contribution >= 0.6 is 18.9 Å². The molecule has 0 saturated carbocycles. The van der Waals surface area contributed by atoms with E-state index in [9.17, 15) is 9.59 Å². The van der Waals surface area contributed by atoms with Gasteiger partial charge < -0.3 is 21.9 Å². The number of hydrogen-bond acceptors (Lipinski definition) is 4. The van der Waals surface area contributed by atoms with Crippen molar-refractivity contribution >= 4 is 51.6 Å². The highest BCUT2D eigenvalue weighted by atomic mass is 35.5. The van der Waals surface area contributed by atoms with E-state index in [0.29, 0.717) is 50.3 Å². The summed E-state index contributed by atoms with van der Waals surface area (Å²) in [6, 6.07) is 77.9. The smallest absolute Gasteiger partial charge is 0.193 e. The molecule has 66 heavy (non-hydrogen) atoms. The lowest BCUT2D eigenvalue weighted by Gasteiger charge is -2.27. The van der Waals surface area contributed by atoms with Gasteiger partial charge in [-0.3, -0.25) is 9.59 Å². The maximum Gasteiger partial charge on any atom is 0.193 e. The van der Waals surface area contributed by atoms with Crippen molar-refractivity contribution < 1.29 is 31.5 Å². The molecule has 324 valence electrons. The lowest BCUT2D eigenvalue weighted by atomic mass is 9.78. The number of hydrogen-bond donors (Lipinski definition) is 0. The average molecular weight is 920 g/mol. The van der Waals surface area contributed by atoms with Gasteiger partial charge in [0, 0.05) is 32.7 Å². The molecule has 0 radical (unpaired) electrons. The highest BCUT2D eigenvalue weighted by molar-refractivity contribution is 8.01. The van der Waals surface area contributed by atoms with Crippen molar-refractivity contribution in [2.75, 3.05) is 0 Å².